The monoisotopic (exact) mass is 552 g/mol. The maximum Gasteiger partial charge on any atom is 0.302 e. The summed E-state index contributed by atoms with van der Waals surface area (Å²) in [5.41, 5.74) is 7.04. The zero-order valence-electron chi connectivity index (χ0n) is 21.3. The maximum atomic E-state index is 11.8. The SMILES string of the molecule is COc1cc2c(cc1O)CSSCC1Cc3cc(O)cc(OC)c3-c3ccc4c(c31)OC2C4COC(C)=O. The number of fused-ring (bicyclic) bond motifs is 5. The van der Waals surface area contributed by atoms with Crippen LogP contribution in [0.15, 0.2) is 36.4 Å². The van der Waals surface area contributed by atoms with E-state index in [4.69, 9.17) is 18.9 Å². The lowest BCUT2D eigenvalue weighted by molar-refractivity contribution is -0.141. The number of esters is 1. The first-order valence-corrected chi connectivity index (χ1v) is 14.9. The molecule has 0 spiro atoms. The van der Waals surface area contributed by atoms with E-state index >= 15 is 0 Å². The van der Waals surface area contributed by atoms with E-state index in [0.717, 1.165) is 56.9 Å². The summed E-state index contributed by atoms with van der Waals surface area (Å²) in [6.45, 7) is 1.59. The highest BCUT2D eigenvalue weighted by Crippen LogP contribution is 2.58. The molecular weight excluding hydrogens is 524 g/mol. The average Bonchev–Trinajstić information content (AvgIpc) is 3.25. The Bertz CT molecular complexity index is 1440. The number of carbonyl (C=O) groups excluding carboxylic acids is 1. The number of carbonyl (C=O) groups is 1. The van der Waals surface area contributed by atoms with Crippen LogP contribution in [0, 0.1) is 0 Å². The molecule has 0 saturated heterocycles. The molecule has 3 aliphatic rings. The third-order valence-corrected chi connectivity index (χ3v) is 9.94. The molecule has 2 heterocycles. The number of ether oxygens (including phenoxy) is 4. The summed E-state index contributed by atoms with van der Waals surface area (Å²) >= 11 is 0. The highest BCUT2D eigenvalue weighted by Gasteiger charge is 2.43. The van der Waals surface area contributed by atoms with Crippen LogP contribution in [0.1, 0.15) is 52.7 Å². The molecular formula is C29H28O7S2. The van der Waals surface area contributed by atoms with Crippen molar-refractivity contribution in [2.75, 3.05) is 26.6 Å². The zero-order valence-corrected chi connectivity index (χ0v) is 22.9. The molecule has 7 nitrogen and oxygen atoms in total. The van der Waals surface area contributed by atoms with E-state index in [0.29, 0.717) is 17.3 Å². The van der Waals surface area contributed by atoms with Crippen LogP contribution in [0.5, 0.6) is 28.7 Å². The fraction of sp³-hybridized carbons (Fsp3) is 0.345. The first kappa shape index (κ1) is 25.1. The first-order valence-electron chi connectivity index (χ1n) is 12.4. The van der Waals surface area contributed by atoms with Gasteiger partial charge >= 0.3 is 5.97 Å². The van der Waals surface area contributed by atoms with Crippen LogP contribution in [0.3, 0.4) is 0 Å². The summed E-state index contributed by atoms with van der Waals surface area (Å²) in [5.74, 6) is 3.17. The number of rotatable bonds is 4. The van der Waals surface area contributed by atoms with Gasteiger partial charge in [0.15, 0.2) is 11.5 Å². The fourth-order valence-electron chi connectivity index (χ4n) is 5.91. The lowest BCUT2D eigenvalue weighted by atomic mass is 9.77. The number of benzene rings is 3. The molecule has 3 unspecified atom stereocenters. The number of aromatic hydroxyl groups is 2. The molecule has 6 rings (SSSR count). The molecule has 2 aliphatic heterocycles. The standard InChI is InChI=1S/C29H28O7S2/c1-14(30)35-11-22-19-4-5-20-26-15(7-18(31)9-25(26)34-3)6-17-13-38-37-12-16-8-23(32)24(33-2)10-21(16)28(22)36-29(19)27(17)20/h4-5,7-10,17,22,28,31-32H,6,11-13H2,1-3H3. The summed E-state index contributed by atoms with van der Waals surface area (Å²) in [5, 5.41) is 20.9. The van der Waals surface area contributed by atoms with Gasteiger partial charge in [-0.1, -0.05) is 33.7 Å². The second kappa shape index (κ2) is 9.85. The topological polar surface area (TPSA) is 94.5 Å². The average molecular weight is 553 g/mol. The van der Waals surface area contributed by atoms with Crippen molar-refractivity contribution in [2.45, 2.75) is 37.0 Å². The second-order valence-corrected chi connectivity index (χ2v) is 12.3. The van der Waals surface area contributed by atoms with Crippen LogP contribution in [-0.2, 0) is 21.7 Å². The Hall–Kier alpha value is -3.17. The maximum absolute atomic E-state index is 11.8. The summed E-state index contributed by atoms with van der Waals surface area (Å²) < 4.78 is 23.6. The summed E-state index contributed by atoms with van der Waals surface area (Å²) in [6, 6.07) is 11.2. The van der Waals surface area contributed by atoms with Crippen LogP contribution >= 0.6 is 21.6 Å². The van der Waals surface area contributed by atoms with E-state index in [1.54, 1.807) is 40.8 Å². The van der Waals surface area contributed by atoms with Crippen LogP contribution < -0.4 is 14.2 Å². The lowest BCUT2D eigenvalue weighted by Crippen LogP contribution is -2.18. The van der Waals surface area contributed by atoms with Gasteiger partial charge in [0, 0.05) is 52.7 Å². The largest absolute Gasteiger partial charge is 0.508 e. The van der Waals surface area contributed by atoms with Gasteiger partial charge in [0.2, 0.25) is 0 Å². The molecule has 0 saturated carbocycles. The molecule has 2 bridgehead atoms. The van der Waals surface area contributed by atoms with Crippen molar-refractivity contribution in [3.8, 4) is 39.9 Å². The Labute approximate surface area is 228 Å². The predicted octanol–water partition coefficient (Wildman–Crippen LogP) is 6.10. The number of phenolic OH excluding ortho intramolecular Hbond substituents is 2. The molecule has 9 heteroatoms. The first-order chi connectivity index (χ1) is 18.4. The molecule has 3 aromatic carbocycles. The second-order valence-electron chi connectivity index (χ2n) is 9.75. The van der Waals surface area contributed by atoms with Gasteiger partial charge in [-0.15, -0.1) is 0 Å². The minimum atomic E-state index is -0.423. The Morgan fingerprint density at radius 2 is 1.84 bits per heavy atom. The van der Waals surface area contributed by atoms with Crippen molar-refractivity contribution in [3.63, 3.8) is 0 Å². The highest BCUT2D eigenvalue weighted by molar-refractivity contribution is 8.76. The van der Waals surface area contributed by atoms with Crippen molar-refractivity contribution in [3.05, 3.63) is 64.2 Å². The van der Waals surface area contributed by atoms with E-state index in [2.05, 4.69) is 12.1 Å². The van der Waals surface area contributed by atoms with E-state index < -0.39 is 6.10 Å². The number of hydrogen-bond acceptors (Lipinski definition) is 9. The van der Waals surface area contributed by atoms with Gasteiger partial charge in [-0.05, 0) is 41.3 Å². The van der Waals surface area contributed by atoms with E-state index in [1.165, 1.54) is 14.0 Å². The molecule has 2 N–H and O–H groups in total. The zero-order chi connectivity index (χ0) is 26.6. The van der Waals surface area contributed by atoms with Gasteiger partial charge < -0.3 is 29.2 Å². The Kier molecular flexibility index (Phi) is 6.52. The van der Waals surface area contributed by atoms with Gasteiger partial charge in [0.1, 0.15) is 30.0 Å². The van der Waals surface area contributed by atoms with Crippen molar-refractivity contribution in [1.29, 1.82) is 0 Å². The van der Waals surface area contributed by atoms with Gasteiger partial charge in [-0.25, -0.2) is 0 Å². The van der Waals surface area contributed by atoms with Crippen molar-refractivity contribution >= 4 is 27.6 Å². The third kappa shape index (κ3) is 4.12. The number of methoxy groups -OCH3 is 2. The Morgan fingerprint density at radius 3 is 2.61 bits per heavy atom. The molecule has 38 heavy (non-hydrogen) atoms. The molecule has 3 atom stereocenters. The quantitative estimate of drug-likeness (QED) is 0.294. The van der Waals surface area contributed by atoms with Crippen molar-refractivity contribution in [2.24, 2.45) is 0 Å². The molecule has 198 valence electrons. The van der Waals surface area contributed by atoms with Crippen LogP contribution in [-0.4, -0.2) is 42.8 Å². The summed E-state index contributed by atoms with van der Waals surface area (Å²) in [4.78, 5) is 11.8. The van der Waals surface area contributed by atoms with Gasteiger partial charge in [-0.3, -0.25) is 4.79 Å². The highest BCUT2D eigenvalue weighted by atomic mass is 33.1. The van der Waals surface area contributed by atoms with Crippen LogP contribution in [0.2, 0.25) is 0 Å². The minimum absolute atomic E-state index is 0.0832. The Balaban J connectivity index is 1.58. The molecule has 0 amide bonds. The molecule has 3 aromatic rings. The third-order valence-electron chi connectivity index (χ3n) is 7.55. The van der Waals surface area contributed by atoms with Crippen LogP contribution in [0.4, 0.5) is 0 Å². The molecule has 0 fully saturated rings. The van der Waals surface area contributed by atoms with E-state index in [-0.39, 0.29) is 35.9 Å². The van der Waals surface area contributed by atoms with E-state index in [1.807, 2.05) is 12.1 Å². The van der Waals surface area contributed by atoms with Gasteiger partial charge in [-0.2, -0.15) is 0 Å². The predicted molar refractivity (Wildman–Crippen MR) is 148 cm³/mol. The van der Waals surface area contributed by atoms with Crippen molar-refractivity contribution < 1.29 is 34.0 Å². The molecule has 0 aromatic heterocycles. The molecule has 1 aliphatic carbocycles. The Morgan fingerprint density at radius 1 is 1.03 bits per heavy atom. The smallest absolute Gasteiger partial charge is 0.302 e. The number of phenols is 2. The van der Waals surface area contributed by atoms with Gasteiger partial charge in [0.25, 0.3) is 0 Å². The lowest BCUT2D eigenvalue weighted by Gasteiger charge is -2.30. The molecule has 0 radical (unpaired) electrons. The fourth-order valence-corrected chi connectivity index (χ4v) is 8.33. The number of hydrogen-bond donors (Lipinski definition) is 2. The van der Waals surface area contributed by atoms with Crippen LogP contribution in [0.25, 0.3) is 11.1 Å². The summed E-state index contributed by atoms with van der Waals surface area (Å²) in [7, 11) is 6.67. The minimum Gasteiger partial charge on any atom is -0.508 e. The normalized spacial score (nSPS) is 20.9. The van der Waals surface area contributed by atoms with Gasteiger partial charge in [0.05, 0.1) is 20.1 Å². The van der Waals surface area contributed by atoms with E-state index in [9.17, 15) is 15.0 Å². The van der Waals surface area contributed by atoms with Crippen molar-refractivity contribution in [1.82, 2.24) is 0 Å². The summed E-state index contributed by atoms with van der Waals surface area (Å²) in [6.07, 6.45) is 0.314.